The first-order chi connectivity index (χ1) is 14.5. The maximum atomic E-state index is 13.2. The molecular weight excluding hydrogens is 394 g/mol. The van der Waals surface area contributed by atoms with E-state index >= 15 is 0 Å². The van der Waals surface area contributed by atoms with Gasteiger partial charge in [0.25, 0.3) is 5.91 Å². The second kappa shape index (κ2) is 7.15. The van der Waals surface area contributed by atoms with Crippen LogP contribution in [0.3, 0.4) is 0 Å². The Kier molecular flexibility index (Phi) is 4.44. The summed E-state index contributed by atoms with van der Waals surface area (Å²) in [6, 6.07) is 19.8. The van der Waals surface area contributed by atoms with E-state index in [1.165, 1.54) is 11.1 Å². The van der Waals surface area contributed by atoms with Gasteiger partial charge in [0, 0.05) is 28.9 Å². The fourth-order valence-corrected chi connectivity index (χ4v) is 4.38. The van der Waals surface area contributed by atoms with Crippen LogP contribution in [0, 0.1) is 6.92 Å². The van der Waals surface area contributed by atoms with Gasteiger partial charge in [0.1, 0.15) is 5.82 Å². The Morgan fingerprint density at radius 3 is 2.67 bits per heavy atom. The van der Waals surface area contributed by atoms with E-state index < -0.39 is 0 Å². The van der Waals surface area contributed by atoms with Crippen molar-refractivity contribution in [1.82, 2.24) is 9.55 Å². The van der Waals surface area contributed by atoms with E-state index in [-0.39, 0.29) is 5.91 Å². The summed E-state index contributed by atoms with van der Waals surface area (Å²) in [4.78, 5) is 17.5. The van der Waals surface area contributed by atoms with Crippen molar-refractivity contribution >= 4 is 23.2 Å². The number of nitrogens with one attached hydrogen (secondary N) is 1. The van der Waals surface area contributed by atoms with E-state index in [2.05, 4.69) is 28.5 Å². The fraction of sp³-hybridized carbons (Fsp3) is 0.120. The van der Waals surface area contributed by atoms with E-state index in [0.29, 0.717) is 16.3 Å². The summed E-state index contributed by atoms with van der Waals surface area (Å²) >= 11 is 6.36. The first-order valence-electron chi connectivity index (χ1n) is 9.82. The summed E-state index contributed by atoms with van der Waals surface area (Å²) < 4.78 is 2.00. The smallest absolute Gasteiger partial charge is 0.255 e. The molecule has 1 aliphatic rings. The molecule has 0 saturated heterocycles. The van der Waals surface area contributed by atoms with Crippen LogP contribution in [0.1, 0.15) is 27.3 Å². The Hall–Kier alpha value is -3.37. The average Bonchev–Trinajstić information content (AvgIpc) is 3.27. The number of imidazole rings is 1. The molecule has 1 N–H and O–H groups in total. The predicted molar refractivity (Wildman–Crippen MR) is 121 cm³/mol. The molecule has 0 atom stereocenters. The number of fused-ring (bicyclic) bond motifs is 3. The van der Waals surface area contributed by atoms with Crippen molar-refractivity contribution in [1.29, 1.82) is 0 Å². The zero-order valence-corrected chi connectivity index (χ0v) is 17.5. The topological polar surface area (TPSA) is 46.9 Å². The molecule has 5 heteroatoms. The number of rotatable bonds is 3. The summed E-state index contributed by atoms with van der Waals surface area (Å²) in [7, 11) is 1.96. The number of hydrogen-bond donors (Lipinski definition) is 1. The van der Waals surface area contributed by atoms with Crippen LogP contribution in [0.5, 0.6) is 0 Å². The number of amides is 1. The van der Waals surface area contributed by atoms with Gasteiger partial charge in [0.05, 0.1) is 11.9 Å². The molecule has 4 aromatic rings. The Balaban J connectivity index is 1.48. The molecule has 0 aliphatic heterocycles. The first-order valence-corrected chi connectivity index (χ1v) is 10.2. The van der Waals surface area contributed by atoms with Gasteiger partial charge in [0.15, 0.2) is 0 Å². The van der Waals surface area contributed by atoms with Gasteiger partial charge in [-0.05, 0) is 59.9 Å². The summed E-state index contributed by atoms with van der Waals surface area (Å²) in [6.07, 6.45) is 2.58. The van der Waals surface area contributed by atoms with Gasteiger partial charge in [0.2, 0.25) is 0 Å². The third kappa shape index (κ3) is 3.10. The van der Waals surface area contributed by atoms with Crippen molar-refractivity contribution in [2.75, 3.05) is 5.32 Å². The minimum atomic E-state index is -0.131. The lowest BCUT2D eigenvalue weighted by molar-refractivity contribution is 0.102. The Labute approximate surface area is 180 Å². The maximum absolute atomic E-state index is 13.2. The van der Waals surface area contributed by atoms with Gasteiger partial charge in [-0.25, -0.2) is 4.98 Å². The normalized spacial score (nSPS) is 11.8. The van der Waals surface area contributed by atoms with E-state index in [4.69, 9.17) is 11.6 Å². The number of benzene rings is 3. The molecule has 0 fully saturated rings. The zero-order chi connectivity index (χ0) is 20.8. The second-order valence-electron chi connectivity index (χ2n) is 7.60. The van der Waals surface area contributed by atoms with Crippen LogP contribution in [0.15, 0.2) is 66.9 Å². The maximum Gasteiger partial charge on any atom is 0.255 e. The molecule has 0 saturated carbocycles. The molecule has 4 nitrogen and oxygen atoms in total. The Morgan fingerprint density at radius 2 is 1.87 bits per heavy atom. The summed E-state index contributed by atoms with van der Waals surface area (Å²) in [5, 5.41) is 3.60. The van der Waals surface area contributed by atoms with Gasteiger partial charge in [-0.3, -0.25) is 4.79 Å². The number of anilines is 1. The van der Waals surface area contributed by atoms with Crippen LogP contribution in [0.2, 0.25) is 5.02 Å². The molecule has 1 amide bonds. The molecule has 0 radical (unpaired) electrons. The fourth-order valence-electron chi connectivity index (χ4n) is 4.15. The molecule has 1 heterocycles. The Bertz CT molecular complexity index is 1310. The highest BCUT2D eigenvalue weighted by Crippen LogP contribution is 2.38. The third-order valence-electron chi connectivity index (χ3n) is 5.77. The van der Waals surface area contributed by atoms with Gasteiger partial charge in [-0.2, -0.15) is 0 Å². The Morgan fingerprint density at radius 1 is 1.07 bits per heavy atom. The highest BCUT2D eigenvalue weighted by Gasteiger charge is 2.23. The number of halogens is 1. The summed E-state index contributed by atoms with van der Waals surface area (Å²) in [5.41, 5.74) is 7.88. The molecule has 1 aromatic heterocycles. The van der Waals surface area contributed by atoms with Crippen LogP contribution >= 0.6 is 11.6 Å². The van der Waals surface area contributed by atoms with Gasteiger partial charge < -0.3 is 9.88 Å². The highest BCUT2D eigenvalue weighted by molar-refractivity contribution is 6.31. The van der Waals surface area contributed by atoms with Crippen molar-refractivity contribution in [3.63, 3.8) is 0 Å². The molecule has 0 unspecified atom stereocenters. The monoisotopic (exact) mass is 413 g/mol. The lowest BCUT2D eigenvalue weighted by atomic mass is 10.0. The number of aryl methyl sites for hydroxylation is 1. The minimum absolute atomic E-state index is 0.131. The summed E-state index contributed by atoms with van der Waals surface area (Å²) in [6.45, 7) is 1.95. The first kappa shape index (κ1) is 18.6. The van der Waals surface area contributed by atoms with Crippen LogP contribution in [0.4, 0.5) is 5.69 Å². The molecule has 1 aliphatic carbocycles. The number of carbonyl (C=O) groups excluding carboxylic acids is 1. The quantitative estimate of drug-likeness (QED) is 0.402. The predicted octanol–water partition coefficient (Wildman–Crippen LogP) is 5.87. The molecule has 148 valence electrons. The van der Waals surface area contributed by atoms with Gasteiger partial charge in [-0.15, -0.1) is 0 Å². The van der Waals surface area contributed by atoms with Gasteiger partial charge >= 0.3 is 0 Å². The van der Waals surface area contributed by atoms with Crippen molar-refractivity contribution in [2.45, 2.75) is 13.3 Å². The van der Waals surface area contributed by atoms with Crippen molar-refractivity contribution in [3.05, 3.63) is 94.4 Å². The molecule has 5 rings (SSSR count). The second-order valence-corrected chi connectivity index (χ2v) is 8.03. The van der Waals surface area contributed by atoms with Crippen LogP contribution < -0.4 is 5.32 Å². The van der Waals surface area contributed by atoms with Crippen molar-refractivity contribution < 1.29 is 4.79 Å². The van der Waals surface area contributed by atoms with Crippen LogP contribution in [0.25, 0.3) is 22.4 Å². The number of hydrogen-bond acceptors (Lipinski definition) is 2. The van der Waals surface area contributed by atoms with Crippen LogP contribution in [-0.2, 0) is 13.5 Å². The molecule has 3 aromatic carbocycles. The number of nitrogens with zero attached hydrogens (tertiary/aromatic N) is 2. The van der Waals surface area contributed by atoms with E-state index in [0.717, 1.165) is 34.6 Å². The molecule has 30 heavy (non-hydrogen) atoms. The van der Waals surface area contributed by atoms with E-state index in [9.17, 15) is 4.79 Å². The van der Waals surface area contributed by atoms with Gasteiger partial charge in [-0.1, -0.05) is 48.0 Å². The lowest BCUT2D eigenvalue weighted by Gasteiger charge is -2.12. The average molecular weight is 414 g/mol. The molecule has 0 spiro atoms. The third-order valence-corrected chi connectivity index (χ3v) is 5.99. The summed E-state index contributed by atoms with van der Waals surface area (Å²) in [5.74, 6) is 0.782. The van der Waals surface area contributed by atoms with Crippen molar-refractivity contribution in [2.24, 2.45) is 7.05 Å². The van der Waals surface area contributed by atoms with E-state index in [1.54, 1.807) is 6.07 Å². The van der Waals surface area contributed by atoms with E-state index in [1.807, 2.05) is 61.1 Å². The zero-order valence-electron chi connectivity index (χ0n) is 16.7. The molecule has 0 bridgehead atoms. The largest absolute Gasteiger partial charge is 0.331 e. The molecular formula is C25H20ClN3O. The minimum Gasteiger partial charge on any atom is -0.331 e. The van der Waals surface area contributed by atoms with Crippen LogP contribution in [-0.4, -0.2) is 15.5 Å². The number of carbonyl (C=O) groups is 1. The number of aromatic nitrogens is 2. The lowest BCUT2D eigenvalue weighted by Crippen LogP contribution is -2.14. The van der Waals surface area contributed by atoms with Crippen molar-refractivity contribution in [3.8, 4) is 22.4 Å². The SMILES string of the molecule is Cc1ncc(-c2cc(Cl)cc(NC(=O)c3cccc4c3Cc3ccccc3-4)c2)n1C. The standard InChI is InChI=1S/C25H20ClN3O/c1-15-27-14-24(29(15)2)17-10-18(26)13-19(11-17)28-25(30)22-9-5-8-21-20-7-4-3-6-16(20)12-23(21)22/h3-11,13-14H,12H2,1-2H3,(H,28,30). The highest BCUT2D eigenvalue weighted by atomic mass is 35.5.